The number of aromatic nitrogens is 1. The first-order chi connectivity index (χ1) is 31.1. The monoisotopic (exact) mass is 822 g/mol. The third-order valence-electron chi connectivity index (χ3n) is 14.0. The number of fused-ring (bicyclic) bond motifs is 13. The Balaban J connectivity index is 1.10. The Morgan fingerprint density at radius 3 is 1.79 bits per heavy atom. The van der Waals surface area contributed by atoms with Crippen molar-refractivity contribution in [2.45, 2.75) is 17.8 Å². The molecule has 1 aliphatic heterocycles. The van der Waals surface area contributed by atoms with Crippen molar-refractivity contribution in [1.82, 2.24) is 4.98 Å². The van der Waals surface area contributed by atoms with E-state index in [1.807, 2.05) is 72.9 Å². The van der Waals surface area contributed by atoms with Crippen LogP contribution in [0.3, 0.4) is 0 Å². The van der Waals surface area contributed by atoms with Crippen LogP contribution in [0.25, 0.3) is 38.7 Å². The lowest BCUT2D eigenvalue weighted by molar-refractivity contribution is 0.592. The van der Waals surface area contributed by atoms with Crippen molar-refractivity contribution in [2.24, 2.45) is 4.99 Å². The first kappa shape index (κ1) is 36.2. The molecule has 2 heterocycles. The fraction of sp³-hybridized carbons (Fsp3) is 0.0508. The average Bonchev–Trinajstić information content (AvgIpc) is 3.82. The SMILES string of the molecule is O=P(c1ccccc1)(c1ccccc1)c1cc(C2=Nc3ccccc3C3CC4=C(C=C23)c2ccccc2C42c3ccccc3-c3ccccc32)cc(-c2cccc3cccnc23)c1. The van der Waals surface area contributed by atoms with Crippen LogP contribution in [0.15, 0.2) is 235 Å². The Bertz CT molecular complexity index is 3430. The van der Waals surface area contributed by atoms with E-state index in [2.05, 4.69) is 146 Å². The summed E-state index contributed by atoms with van der Waals surface area (Å²) < 4.78 is 16.3. The van der Waals surface area contributed by atoms with E-state index >= 15 is 4.57 Å². The minimum atomic E-state index is -3.41. The molecular weight excluding hydrogens is 784 g/mol. The zero-order chi connectivity index (χ0) is 41.7. The molecule has 0 radical (unpaired) electrons. The van der Waals surface area contributed by atoms with Crippen LogP contribution in [0.4, 0.5) is 5.69 Å². The maximum Gasteiger partial charge on any atom is 0.171 e. The first-order valence-corrected chi connectivity index (χ1v) is 23.5. The van der Waals surface area contributed by atoms with Crippen LogP contribution in [0, 0.1) is 0 Å². The van der Waals surface area contributed by atoms with Crippen molar-refractivity contribution in [2.75, 3.05) is 0 Å². The number of para-hydroxylation sites is 2. The highest BCUT2D eigenvalue weighted by atomic mass is 31.2. The number of hydrogen-bond acceptors (Lipinski definition) is 3. The second-order valence-electron chi connectivity index (χ2n) is 17.1. The van der Waals surface area contributed by atoms with E-state index < -0.39 is 12.6 Å². The zero-order valence-electron chi connectivity index (χ0n) is 34.3. The maximum atomic E-state index is 16.3. The zero-order valence-corrected chi connectivity index (χ0v) is 35.2. The predicted molar refractivity (Wildman–Crippen MR) is 260 cm³/mol. The summed E-state index contributed by atoms with van der Waals surface area (Å²) >= 11 is 0. The summed E-state index contributed by atoms with van der Waals surface area (Å²) in [5.74, 6) is 0.0416. The van der Waals surface area contributed by atoms with Crippen molar-refractivity contribution in [3.8, 4) is 22.3 Å². The molecule has 63 heavy (non-hydrogen) atoms. The van der Waals surface area contributed by atoms with Crippen LogP contribution >= 0.6 is 7.14 Å². The normalized spacial score (nSPS) is 16.3. The van der Waals surface area contributed by atoms with Crippen LogP contribution in [0.1, 0.15) is 45.7 Å². The second-order valence-corrected chi connectivity index (χ2v) is 19.9. The van der Waals surface area contributed by atoms with Gasteiger partial charge in [-0.05, 0) is 104 Å². The maximum absolute atomic E-state index is 16.3. The lowest BCUT2D eigenvalue weighted by atomic mass is 9.64. The Kier molecular flexibility index (Phi) is 7.92. The van der Waals surface area contributed by atoms with Crippen LogP contribution in [0.2, 0.25) is 0 Å². The molecule has 0 amide bonds. The van der Waals surface area contributed by atoms with E-state index in [-0.39, 0.29) is 5.92 Å². The summed E-state index contributed by atoms with van der Waals surface area (Å²) in [5.41, 5.74) is 18.4. The van der Waals surface area contributed by atoms with E-state index in [9.17, 15) is 0 Å². The van der Waals surface area contributed by atoms with Gasteiger partial charge < -0.3 is 4.57 Å². The van der Waals surface area contributed by atoms with Gasteiger partial charge in [-0.15, -0.1) is 0 Å². The van der Waals surface area contributed by atoms with Gasteiger partial charge in [-0.25, -0.2) is 4.99 Å². The molecule has 8 aromatic carbocycles. The summed E-state index contributed by atoms with van der Waals surface area (Å²) in [4.78, 5) is 10.5. The molecular formula is C59H39N2OP. The van der Waals surface area contributed by atoms with Crippen LogP contribution in [0.5, 0.6) is 0 Å². The van der Waals surface area contributed by atoms with Gasteiger partial charge in [0.15, 0.2) is 7.14 Å². The van der Waals surface area contributed by atoms with Gasteiger partial charge in [-0.3, -0.25) is 4.98 Å². The van der Waals surface area contributed by atoms with Gasteiger partial charge in [0.25, 0.3) is 0 Å². The van der Waals surface area contributed by atoms with Gasteiger partial charge in [-0.2, -0.15) is 0 Å². The van der Waals surface area contributed by atoms with E-state index in [4.69, 9.17) is 9.98 Å². The average molecular weight is 823 g/mol. The fourth-order valence-corrected chi connectivity index (χ4v) is 14.1. The Hall–Kier alpha value is -7.45. The van der Waals surface area contributed by atoms with Gasteiger partial charge in [0.1, 0.15) is 0 Å². The van der Waals surface area contributed by atoms with Crippen molar-refractivity contribution < 1.29 is 4.57 Å². The third-order valence-corrected chi connectivity index (χ3v) is 17.0. The molecule has 0 N–H and O–H groups in total. The van der Waals surface area contributed by atoms with Crippen LogP contribution in [-0.2, 0) is 9.98 Å². The van der Waals surface area contributed by atoms with E-state index in [1.165, 1.54) is 55.7 Å². The molecule has 0 saturated heterocycles. The Morgan fingerprint density at radius 1 is 0.508 bits per heavy atom. The summed E-state index contributed by atoms with van der Waals surface area (Å²) in [5, 5.41) is 3.40. The molecule has 0 fully saturated rings. The van der Waals surface area contributed by atoms with Crippen molar-refractivity contribution >= 4 is 50.9 Å². The molecule has 13 rings (SSSR count). The van der Waals surface area contributed by atoms with Gasteiger partial charge in [0.2, 0.25) is 0 Å². The summed E-state index contributed by atoms with van der Waals surface area (Å²) in [6, 6.07) is 72.8. The molecule has 1 spiro atoms. The smallest absolute Gasteiger partial charge is 0.171 e. The van der Waals surface area contributed by atoms with E-state index in [1.54, 1.807) is 0 Å². The first-order valence-electron chi connectivity index (χ1n) is 21.8. The van der Waals surface area contributed by atoms with Gasteiger partial charge in [-0.1, -0.05) is 176 Å². The summed E-state index contributed by atoms with van der Waals surface area (Å²) in [6.45, 7) is 0. The number of hydrogen-bond donors (Lipinski definition) is 0. The molecule has 9 aromatic rings. The standard InChI is InChI=1S/C59H39N2OP/c62-63(41-19-3-1-4-20-41,42-21-5-2-6-22-42)43-34-39(44-27-15-17-38-18-16-32-60-57(38)44)33-40(35-43)58-51-36-50-47-25-9-13-30-54(47)59(55(50)37-49(51)48-26-10-14-31-56(48)61-58)52-28-11-7-23-45(52)46-24-8-12-29-53(46)59/h1-36,49H,37H2. The fourth-order valence-electron chi connectivity index (χ4n) is 11.4. The minimum absolute atomic E-state index is 0.0416. The molecule has 0 saturated carbocycles. The third kappa shape index (κ3) is 5.12. The largest absolute Gasteiger partial charge is 0.309 e. The Labute approximate surface area is 366 Å². The molecule has 3 nitrogen and oxygen atoms in total. The number of allylic oxidation sites excluding steroid dienone is 4. The topological polar surface area (TPSA) is 42.3 Å². The van der Waals surface area contributed by atoms with Gasteiger partial charge in [0.05, 0.1) is 22.3 Å². The highest BCUT2D eigenvalue weighted by Crippen LogP contribution is 2.65. The van der Waals surface area contributed by atoms with E-state index in [0.29, 0.717) is 0 Å². The molecule has 3 aliphatic carbocycles. The van der Waals surface area contributed by atoms with Gasteiger partial charge in [0, 0.05) is 44.5 Å². The summed E-state index contributed by atoms with van der Waals surface area (Å²) in [7, 11) is -3.41. The van der Waals surface area contributed by atoms with Crippen LogP contribution in [-0.4, -0.2) is 10.7 Å². The van der Waals surface area contributed by atoms with Crippen LogP contribution < -0.4 is 15.9 Å². The predicted octanol–water partition coefficient (Wildman–Crippen LogP) is 12.9. The molecule has 1 unspecified atom stereocenters. The number of pyridine rings is 1. The van der Waals surface area contributed by atoms with Crippen molar-refractivity contribution in [3.63, 3.8) is 0 Å². The number of aliphatic imine (C=N–C) groups is 1. The second kappa shape index (κ2) is 13.8. The van der Waals surface area contributed by atoms with Crippen molar-refractivity contribution in [1.29, 1.82) is 0 Å². The number of benzene rings is 8. The molecule has 296 valence electrons. The highest BCUT2D eigenvalue weighted by Gasteiger charge is 2.54. The molecule has 0 bridgehead atoms. The summed E-state index contributed by atoms with van der Waals surface area (Å²) in [6.07, 6.45) is 5.16. The lowest BCUT2D eigenvalue weighted by Gasteiger charge is -2.38. The molecule has 4 heteroatoms. The van der Waals surface area contributed by atoms with Gasteiger partial charge >= 0.3 is 0 Å². The Morgan fingerprint density at radius 2 is 1.08 bits per heavy atom. The quantitative estimate of drug-likeness (QED) is 0.162. The molecule has 1 atom stereocenters. The number of nitrogens with zero attached hydrogens (tertiary/aromatic N) is 2. The lowest BCUT2D eigenvalue weighted by Crippen LogP contribution is -2.31. The van der Waals surface area contributed by atoms with Crippen molar-refractivity contribution in [3.05, 3.63) is 263 Å². The molecule has 4 aliphatic rings. The minimum Gasteiger partial charge on any atom is -0.309 e. The highest BCUT2D eigenvalue weighted by molar-refractivity contribution is 7.85. The molecule has 1 aromatic heterocycles. The number of rotatable bonds is 5. The van der Waals surface area contributed by atoms with E-state index in [0.717, 1.165) is 61.3 Å².